The average Bonchev–Trinajstić information content (AvgIpc) is 2.57. The molecule has 1 atom stereocenters. The minimum Gasteiger partial charge on any atom is -0.340 e. The Morgan fingerprint density at radius 1 is 1.05 bits per heavy atom. The van der Waals surface area contributed by atoms with Crippen LogP contribution in [0.5, 0.6) is 0 Å². The molecular weight excluding hydrogens is 288 g/mol. The maximum atomic E-state index is 12.3. The summed E-state index contributed by atoms with van der Waals surface area (Å²) >= 11 is 5.91. The molecule has 1 heterocycles. The van der Waals surface area contributed by atoms with Gasteiger partial charge >= 0.3 is 0 Å². The van der Waals surface area contributed by atoms with Gasteiger partial charge < -0.3 is 10.6 Å². The van der Waals surface area contributed by atoms with Gasteiger partial charge in [-0.3, -0.25) is 9.59 Å². The summed E-state index contributed by atoms with van der Waals surface area (Å²) in [5.74, 6) is -0.519. The van der Waals surface area contributed by atoms with Crippen LogP contribution in [0.2, 0.25) is 5.02 Å². The molecule has 0 saturated carbocycles. The zero-order chi connectivity index (χ0) is 14.8. The van der Waals surface area contributed by atoms with E-state index in [1.807, 2.05) is 30.3 Å². The van der Waals surface area contributed by atoms with E-state index in [9.17, 15) is 9.59 Å². The second kappa shape index (κ2) is 5.58. The van der Waals surface area contributed by atoms with Crippen LogP contribution in [0.4, 0.5) is 5.69 Å². The lowest BCUT2D eigenvalue weighted by Crippen LogP contribution is -2.42. The monoisotopic (exact) mass is 300 g/mol. The Morgan fingerprint density at radius 3 is 2.57 bits per heavy atom. The fourth-order valence-corrected chi connectivity index (χ4v) is 2.50. The lowest BCUT2D eigenvalue weighted by molar-refractivity contribution is -0.117. The van der Waals surface area contributed by atoms with Crippen molar-refractivity contribution in [2.24, 2.45) is 0 Å². The van der Waals surface area contributed by atoms with Crippen molar-refractivity contribution in [3.63, 3.8) is 0 Å². The summed E-state index contributed by atoms with van der Waals surface area (Å²) in [6.45, 7) is 0. The van der Waals surface area contributed by atoms with Gasteiger partial charge in [0, 0.05) is 11.4 Å². The Labute approximate surface area is 127 Å². The van der Waals surface area contributed by atoms with Crippen LogP contribution in [0.25, 0.3) is 0 Å². The molecule has 2 N–H and O–H groups in total. The van der Waals surface area contributed by atoms with Crippen LogP contribution < -0.4 is 10.6 Å². The molecule has 0 bridgehead atoms. The molecule has 1 unspecified atom stereocenters. The van der Waals surface area contributed by atoms with Crippen molar-refractivity contribution in [3.8, 4) is 0 Å². The fourth-order valence-electron chi connectivity index (χ4n) is 2.33. The van der Waals surface area contributed by atoms with Crippen LogP contribution in [0, 0.1) is 0 Å². The Hall–Kier alpha value is -2.33. The molecule has 2 aromatic carbocycles. The maximum Gasteiger partial charge on any atom is 0.254 e. The highest BCUT2D eigenvalue weighted by molar-refractivity contribution is 6.31. The van der Waals surface area contributed by atoms with E-state index in [0.717, 1.165) is 5.56 Å². The normalized spacial score (nSPS) is 17.5. The van der Waals surface area contributed by atoms with E-state index >= 15 is 0 Å². The van der Waals surface area contributed by atoms with Gasteiger partial charge in [0.1, 0.15) is 6.04 Å². The van der Waals surface area contributed by atoms with Gasteiger partial charge in [-0.2, -0.15) is 0 Å². The second-order valence-electron chi connectivity index (χ2n) is 4.89. The molecule has 0 spiro atoms. The molecule has 21 heavy (non-hydrogen) atoms. The molecule has 0 radical (unpaired) electrons. The van der Waals surface area contributed by atoms with Crippen LogP contribution in [-0.2, 0) is 11.2 Å². The fraction of sp³-hybridized carbons (Fsp3) is 0.125. The quantitative estimate of drug-likeness (QED) is 0.896. The Bertz CT molecular complexity index is 701. The molecular formula is C16H13ClN2O2. The molecule has 0 aromatic heterocycles. The highest BCUT2D eigenvalue weighted by atomic mass is 35.5. The summed E-state index contributed by atoms with van der Waals surface area (Å²) < 4.78 is 0. The van der Waals surface area contributed by atoms with Gasteiger partial charge in [-0.05, 0) is 23.8 Å². The third-order valence-corrected chi connectivity index (χ3v) is 3.62. The van der Waals surface area contributed by atoms with Gasteiger partial charge in [0.05, 0.1) is 11.3 Å². The van der Waals surface area contributed by atoms with Crippen molar-refractivity contribution in [1.29, 1.82) is 0 Å². The molecule has 1 aliphatic heterocycles. The average molecular weight is 301 g/mol. The lowest BCUT2D eigenvalue weighted by atomic mass is 10.1. The summed E-state index contributed by atoms with van der Waals surface area (Å²) in [5, 5.41) is 5.99. The van der Waals surface area contributed by atoms with E-state index in [1.165, 1.54) is 0 Å². The molecule has 5 heteroatoms. The molecule has 0 saturated heterocycles. The van der Waals surface area contributed by atoms with E-state index in [-0.39, 0.29) is 11.8 Å². The van der Waals surface area contributed by atoms with Crippen LogP contribution in [0.3, 0.4) is 0 Å². The highest BCUT2D eigenvalue weighted by Gasteiger charge is 2.27. The number of anilines is 1. The van der Waals surface area contributed by atoms with Gasteiger partial charge in [-0.15, -0.1) is 0 Å². The number of hydrogen-bond acceptors (Lipinski definition) is 2. The van der Waals surface area contributed by atoms with Gasteiger partial charge in [0.25, 0.3) is 5.91 Å². The van der Waals surface area contributed by atoms with Gasteiger partial charge in [0.2, 0.25) is 5.91 Å². The summed E-state index contributed by atoms with van der Waals surface area (Å²) in [4.78, 5) is 24.5. The molecule has 0 fully saturated rings. The van der Waals surface area contributed by atoms with Crippen LogP contribution in [-0.4, -0.2) is 17.9 Å². The smallest absolute Gasteiger partial charge is 0.254 e. The lowest BCUT2D eigenvalue weighted by Gasteiger charge is -2.14. The topological polar surface area (TPSA) is 58.2 Å². The van der Waals surface area contributed by atoms with Crippen molar-refractivity contribution in [1.82, 2.24) is 5.32 Å². The first-order valence-electron chi connectivity index (χ1n) is 6.59. The number of halogens is 1. The van der Waals surface area contributed by atoms with Gasteiger partial charge in [-0.1, -0.05) is 41.9 Å². The number of nitrogens with one attached hydrogen (secondary N) is 2. The first-order chi connectivity index (χ1) is 10.1. The first kappa shape index (κ1) is 13.6. The molecule has 2 amide bonds. The van der Waals surface area contributed by atoms with E-state index in [2.05, 4.69) is 10.6 Å². The number of rotatable bonds is 2. The Kier molecular flexibility index (Phi) is 3.62. The van der Waals surface area contributed by atoms with Crippen molar-refractivity contribution >= 4 is 29.1 Å². The zero-order valence-electron chi connectivity index (χ0n) is 11.1. The number of carbonyl (C=O) groups excluding carboxylic acids is 2. The van der Waals surface area contributed by atoms with Gasteiger partial charge in [0.15, 0.2) is 0 Å². The van der Waals surface area contributed by atoms with Gasteiger partial charge in [-0.25, -0.2) is 0 Å². The highest BCUT2D eigenvalue weighted by Crippen LogP contribution is 2.23. The maximum absolute atomic E-state index is 12.3. The summed E-state index contributed by atoms with van der Waals surface area (Å²) in [6.07, 6.45) is 0.445. The van der Waals surface area contributed by atoms with Crippen molar-refractivity contribution in [3.05, 3.63) is 64.7 Å². The first-order valence-corrected chi connectivity index (χ1v) is 6.96. The summed E-state index contributed by atoms with van der Waals surface area (Å²) in [6, 6.07) is 13.8. The minimum atomic E-state index is -0.605. The third-order valence-electron chi connectivity index (χ3n) is 3.39. The van der Waals surface area contributed by atoms with Crippen LogP contribution in [0.15, 0.2) is 48.5 Å². The van der Waals surface area contributed by atoms with E-state index in [4.69, 9.17) is 11.6 Å². The van der Waals surface area contributed by atoms with E-state index in [0.29, 0.717) is 22.7 Å². The minimum absolute atomic E-state index is 0.242. The van der Waals surface area contributed by atoms with E-state index < -0.39 is 6.04 Å². The number of hydrogen-bond donors (Lipinski definition) is 2. The summed E-state index contributed by atoms with van der Waals surface area (Å²) in [7, 11) is 0. The predicted molar refractivity (Wildman–Crippen MR) is 81.5 cm³/mol. The Balaban J connectivity index is 1.87. The predicted octanol–water partition coefficient (Wildman–Crippen LogP) is 2.63. The van der Waals surface area contributed by atoms with Crippen LogP contribution >= 0.6 is 11.6 Å². The second-order valence-corrected chi connectivity index (χ2v) is 5.33. The van der Waals surface area contributed by atoms with Crippen molar-refractivity contribution in [2.75, 3.05) is 5.32 Å². The third kappa shape index (κ3) is 2.90. The molecule has 2 aromatic rings. The SMILES string of the molecule is O=C1NC(Cc2ccccc2)C(=O)Nc2cc(Cl)ccc21. The zero-order valence-corrected chi connectivity index (χ0v) is 11.9. The molecule has 0 aliphatic carbocycles. The van der Waals surface area contributed by atoms with Crippen molar-refractivity contribution < 1.29 is 9.59 Å². The Morgan fingerprint density at radius 2 is 1.81 bits per heavy atom. The summed E-state index contributed by atoms with van der Waals surface area (Å²) in [5.41, 5.74) is 1.85. The number of amides is 2. The molecule has 4 nitrogen and oxygen atoms in total. The number of carbonyl (C=O) groups is 2. The van der Waals surface area contributed by atoms with Crippen molar-refractivity contribution in [2.45, 2.75) is 12.5 Å². The number of fused-ring (bicyclic) bond motifs is 1. The largest absolute Gasteiger partial charge is 0.340 e. The standard InChI is InChI=1S/C16H13ClN2O2/c17-11-6-7-12-13(9-11)18-16(21)14(19-15(12)20)8-10-4-2-1-3-5-10/h1-7,9,14H,8H2,(H,18,21)(H,19,20). The van der Waals surface area contributed by atoms with E-state index in [1.54, 1.807) is 18.2 Å². The molecule has 3 rings (SSSR count). The number of benzene rings is 2. The molecule has 1 aliphatic rings. The van der Waals surface area contributed by atoms with Crippen LogP contribution in [0.1, 0.15) is 15.9 Å². The molecule has 106 valence electrons.